The number of ether oxygens (including phenoxy) is 1. The third kappa shape index (κ3) is 2.96. The van der Waals surface area contributed by atoms with Gasteiger partial charge >= 0.3 is 0 Å². The van der Waals surface area contributed by atoms with Crippen molar-refractivity contribution in [2.24, 2.45) is 0 Å². The molecular weight excluding hydrogens is 400 g/mol. The molecule has 2 aliphatic rings. The van der Waals surface area contributed by atoms with Gasteiger partial charge in [-0.2, -0.15) is 4.90 Å². The molecule has 4 nitrogen and oxygen atoms in total. The van der Waals surface area contributed by atoms with E-state index in [1.165, 1.54) is 5.84 Å². The van der Waals surface area contributed by atoms with E-state index in [2.05, 4.69) is 25.4 Å². The van der Waals surface area contributed by atoms with Crippen molar-refractivity contribution in [3.05, 3.63) is 58.6 Å². The third-order valence-electron chi connectivity index (χ3n) is 4.78. The Morgan fingerprint density at radius 1 is 1.16 bits per heavy atom. The maximum absolute atomic E-state index is 11.7. The van der Waals surface area contributed by atoms with Crippen LogP contribution in [-0.2, 0) is 5.72 Å². The highest BCUT2D eigenvalue weighted by Crippen LogP contribution is 2.38. The number of halogens is 1. The van der Waals surface area contributed by atoms with Crippen molar-refractivity contribution < 1.29 is 14.4 Å². The fourth-order valence-electron chi connectivity index (χ4n) is 3.52. The third-order valence-corrected chi connectivity index (χ3v) is 6.24. The molecule has 1 N–H and O–H groups in total. The molecule has 0 aliphatic carbocycles. The maximum Gasteiger partial charge on any atom is 0.275 e. The Kier molecular flexibility index (Phi) is 4.52. The van der Waals surface area contributed by atoms with Gasteiger partial charge in [-0.15, -0.1) is 11.8 Å². The summed E-state index contributed by atoms with van der Waals surface area (Å²) in [5.74, 6) is 3.98. The molecule has 2 aliphatic heterocycles. The Morgan fingerprint density at radius 2 is 1.88 bits per heavy atom. The first kappa shape index (κ1) is 16.9. The highest BCUT2D eigenvalue weighted by molar-refractivity contribution is 9.10. The molecule has 0 amide bonds. The zero-order valence-electron chi connectivity index (χ0n) is 14.0. The number of amidine groups is 1. The average Bonchev–Trinajstić information content (AvgIpc) is 2.96. The molecule has 4 rings (SSSR count). The van der Waals surface area contributed by atoms with E-state index in [9.17, 15) is 5.11 Å². The van der Waals surface area contributed by atoms with Crippen molar-refractivity contribution >= 4 is 39.2 Å². The molecule has 0 saturated carbocycles. The molecule has 1 atom stereocenters. The molecule has 0 radical (unpaired) electrons. The van der Waals surface area contributed by atoms with Gasteiger partial charge in [-0.25, -0.2) is 0 Å². The normalized spacial score (nSPS) is 22.9. The van der Waals surface area contributed by atoms with Gasteiger partial charge in [0.25, 0.3) is 11.6 Å². The molecule has 2 aromatic carbocycles. The van der Waals surface area contributed by atoms with Crippen LogP contribution in [0.5, 0.6) is 5.75 Å². The van der Waals surface area contributed by atoms with E-state index in [0.717, 1.165) is 39.5 Å². The van der Waals surface area contributed by atoms with Gasteiger partial charge in [0.15, 0.2) is 6.54 Å². The van der Waals surface area contributed by atoms with Crippen molar-refractivity contribution in [2.45, 2.75) is 5.72 Å². The molecule has 0 unspecified atom stereocenters. The van der Waals surface area contributed by atoms with E-state index < -0.39 is 5.72 Å². The summed E-state index contributed by atoms with van der Waals surface area (Å²) in [6.07, 6.45) is 0. The van der Waals surface area contributed by atoms with Gasteiger partial charge in [0.1, 0.15) is 11.4 Å². The van der Waals surface area contributed by atoms with Crippen molar-refractivity contribution in [3.8, 4) is 5.75 Å². The summed E-state index contributed by atoms with van der Waals surface area (Å²) in [6, 6.07) is 15.9. The van der Waals surface area contributed by atoms with Gasteiger partial charge in [0, 0.05) is 15.8 Å². The van der Waals surface area contributed by atoms with Crippen LogP contribution in [0.1, 0.15) is 5.56 Å². The Morgan fingerprint density at radius 3 is 2.56 bits per heavy atom. The molecule has 2 aromatic rings. The summed E-state index contributed by atoms with van der Waals surface area (Å²) in [5.41, 5.74) is 0.796. The molecule has 0 spiro atoms. The van der Waals surface area contributed by atoms with Crippen LogP contribution < -0.4 is 9.64 Å². The average molecular weight is 420 g/mol. The van der Waals surface area contributed by atoms with Gasteiger partial charge in [-0.05, 0) is 48.5 Å². The minimum Gasteiger partial charge on any atom is -0.497 e. The molecule has 0 aromatic heterocycles. The van der Waals surface area contributed by atoms with Crippen LogP contribution in [0.4, 0.5) is 5.69 Å². The Labute approximate surface area is 160 Å². The monoisotopic (exact) mass is 419 g/mol. The number of methoxy groups -OCH3 is 1. The van der Waals surface area contributed by atoms with Gasteiger partial charge in [0.05, 0.1) is 19.4 Å². The van der Waals surface area contributed by atoms with Crippen LogP contribution in [-0.4, -0.2) is 47.2 Å². The molecule has 130 valence electrons. The number of aliphatic hydroxyl groups is 1. The highest BCUT2D eigenvalue weighted by Gasteiger charge is 2.54. The quantitative estimate of drug-likeness (QED) is 0.774. The fourth-order valence-corrected chi connectivity index (χ4v) is 4.77. The smallest absolute Gasteiger partial charge is 0.275 e. The van der Waals surface area contributed by atoms with Crippen LogP contribution in [0.15, 0.2) is 53.0 Å². The lowest BCUT2D eigenvalue weighted by molar-refractivity contribution is -0.530. The lowest BCUT2D eigenvalue weighted by atomic mass is 10.0. The summed E-state index contributed by atoms with van der Waals surface area (Å²) >= 11 is 5.41. The Hall–Kier alpha value is -1.50. The second-order valence-corrected chi connectivity index (χ2v) is 8.27. The molecular formula is C19H20BrN2O2S+. The van der Waals surface area contributed by atoms with Crippen LogP contribution >= 0.6 is 27.7 Å². The molecule has 25 heavy (non-hydrogen) atoms. The SMILES string of the molecule is COc1ccc([C@@]2(O)C[N+]3=C(CSCC3)N2c2ccc(Br)cc2)cc1. The topological polar surface area (TPSA) is 35.7 Å². The zero-order valence-corrected chi connectivity index (χ0v) is 16.4. The highest BCUT2D eigenvalue weighted by atomic mass is 79.9. The summed E-state index contributed by atoms with van der Waals surface area (Å²) in [6.45, 7) is 1.54. The van der Waals surface area contributed by atoms with Gasteiger partial charge in [0.2, 0.25) is 0 Å². The fraction of sp³-hybridized carbons (Fsp3) is 0.316. The lowest BCUT2D eigenvalue weighted by Gasteiger charge is -2.29. The minimum atomic E-state index is -1.08. The maximum atomic E-state index is 11.7. The second kappa shape index (κ2) is 6.67. The number of rotatable bonds is 3. The summed E-state index contributed by atoms with van der Waals surface area (Å²) in [4.78, 5) is 2.09. The standard InChI is InChI=1S/C19H20BrN2O2S/c1-24-17-8-2-14(3-9-17)19(23)13-21-10-11-25-12-18(21)22(19)16-6-4-15(20)5-7-16/h2-9,23H,10-13H2,1H3/q+1/t19-/m0/s1. The Balaban J connectivity index is 1.80. The number of hydrogen-bond acceptors (Lipinski definition) is 4. The largest absolute Gasteiger partial charge is 0.497 e. The van der Waals surface area contributed by atoms with Crippen LogP contribution in [0.3, 0.4) is 0 Å². The number of benzene rings is 2. The summed E-state index contributed by atoms with van der Waals surface area (Å²) in [7, 11) is 1.65. The van der Waals surface area contributed by atoms with E-state index in [4.69, 9.17) is 4.74 Å². The Bertz CT molecular complexity index is 807. The van der Waals surface area contributed by atoms with Crippen molar-refractivity contribution in [1.82, 2.24) is 0 Å². The van der Waals surface area contributed by atoms with Crippen LogP contribution in [0.25, 0.3) is 0 Å². The van der Waals surface area contributed by atoms with E-state index >= 15 is 0 Å². The first-order valence-electron chi connectivity index (χ1n) is 8.23. The number of anilines is 1. The van der Waals surface area contributed by atoms with E-state index in [-0.39, 0.29) is 0 Å². The molecule has 2 heterocycles. The van der Waals surface area contributed by atoms with Gasteiger partial charge in [-0.1, -0.05) is 15.9 Å². The van der Waals surface area contributed by atoms with Crippen molar-refractivity contribution in [3.63, 3.8) is 0 Å². The molecule has 6 heteroatoms. The predicted octanol–water partition coefficient (Wildman–Crippen LogP) is 3.28. The predicted molar refractivity (Wildman–Crippen MR) is 106 cm³/mol. The lowest BCUT2D eigenvalue weighted by Crippen LogP contribution is -2.48. The van der Waals surface area contributed by atoms with E-state index in [1.54, 1.807) is 7.11 Å². The molecule has 0 fully saturated rings. The van der Waals surface area contributed by atoms with Crippen molar-refractivity contribution in [1.29, 1.82) is 0 Å². The summed E-state index contributed by atoms with van der Waals surface area (Å²) in [5, 5.41) is 11.7. The van der Waals surface area contributed by atoms with Crippen molar-refractivity contribution in [2.75, 3.05) is 36.6 Å². The molecule has 0 saturated heterocycles. The van der Waals surface area contributed by atoms with Gasteiger partial charge < -0.3 is 9.84 Å². The number of hydrogen-bond donors (Lipinski definition) is 1. The van der Waals surface area contributed by atoms with E-state index in [1.807, 2.05) is 60.3 Å². The number of nitrogens with zero attached hydrogens (tertiary/aromatic N) is 2. The van der Waals surface area contributed by atoms with Crippen LogP contribution in [0.2, 0.25) is 0 Å². The first-order valence-corrected chi connectivity index (χ1v) is 10.2. The number of thioether (sulfide) groups is 1. The zero-order chi connectivity index (χ0) is 17.4. The van der Waals surface area contributed by atoms with E-state index in [0.29, 0.717) is 6.54 Å². The minimum absolute atomic E-state index is 0.575. The summed E-state index contributed by atoms with van der Waals surface area (Å²) < 4.78 is 8.60. The second-order valence-electron chi connectivity index (χ2n) is 6.25. The van der Waals surface area contributed by atoms with Crippen LogP contribution in [0, 0.1) is 0 Å². The molecule has 0 bridgehead atoms. The first-order chi connectivity index (χ1) is 12.1. The van der Waals surface area contributed by atoms with Gasteiger partial charge in [-0.3, -0.25) is 4.58 Å².